The van der Waals surface area contributed by atoms with Crippen LogP contribution in [0.3, 0.4) is 0 Å². The van der Waals surface area contributed by atoms with Crippen molar-refractivity contribution in [3.05, 3.63) is 57.0 Å². The number of hydrogen-bond acceptors (Lipinski definition) is 3. The Bertz CT molecular complexity index is 984. The molecular weight excluding hydrogens is 506 g/mol. The van der Waals surface area contributed by atoms with Crippen LogP contribution in [0, 0.1) is 5.92 Å². The molecule has 2 aromatic rings. The van der Waals surface area contributed by atoms with Gasteiger partial charge in [-0.25, -0.2) is 0 Å². The summed E-state index contributed by atoms with van der Waals surface area (Å²) in [6.07, 6.45) is 0. The van der Waals surface area contributed by atoms with Gasteiger partial charge in [-0.15, -0.1) is 0 Å². The normalized spacial score (nSPS) is 25.5. The number of anilines is 1. The number of hydrogen-bond donors (Lipinski definition) is 1. The van der Waals surface area contributed by atoms with Crippen LogP contribution < -0.4 is 15.0 Å². The predicted molar refractivity (Wildman–Crippen MR) is 120 cm³/mol. The van der Waals surface area contributed by atoms with Gasteiger partial charge in [-0.1, -0.05) is 37.9 Å². The van der Waals surface area contributed by atoms with E-state index in [0.717, 1.165) is 25.9 Å². The molecule has 0 saturated carbocycles. The molecule has 2 aliphatic heterocycles. The standard InChI is InChI=1S/C20H19Br2N3O2S/c1-20-16(18(26)24(2)3)17(14-10-12(22)7-8-15(14)27-20)23-19(28)25(20)13-6-4-5-11(21)9-13/h4-10,16-17H,1-3H3,(H,23,28)/t16-,17+,20+/m1/s1. The molecule has 0 aliphatic carbocycles. The van der Waals surface area contributed by atoms with Crippen LogP contribution in [0.25, 0.3) is 0 Å². The van der Waals surface area contributed by atoms with Gasteiger partial charge >= 0.3 is 0 Å². The van der Waals surface area contributed by atoms with Gasteiger partial charge in [0.05, 0.1) is 6.04 Å². The largest absolute Gasteiger partial charge is 0.467 e. The Morgan fingerprint density at radius 1 is 1.21 bits per heavy atom. The second-order valence-electron chi connectivity index (χ2n) is 7.29. The zero-order chi connectivity index (χ0) is 20.2. The summed E-state index contributed by atoms with van der Waals surface area (Å²) in [5.74, 6) is 0.233. The van der Waals surface area contributed by atoms with Crippen LogP contribution in [0.2, 0.25) is 0 Å². The van der Waals surface area contributed by atoms with Gasteiger partial charge < -0.3 is 15.0 Å². The van der Waals surface area contributed by atoms with Crippen LogP contribution in [0.5, 0.6) is 5.75 Å². The summed E-state index contributed by atoms with van der Waals surface area (Å²) in [6.45, 7) is 1.94. The molecule has 5 nitrogen and oxygen atoms in total. The van der Waals surface area contributed by atoms with Gasteiger partial charge in [0.15, 0.2) is 10.8 Å². The van der Waals surface area contributed by atoms with E-state index < -0.39 is 11.6 Å². The summed E-state index contributed by atoms with van der Waals surface area (Å²) in [4.78, 5) is 16.8. The summed E-state index contributed by atoms with van der Waals surface area (Å²) in [5, 5.41) is 3.93. The second-order valence-corrected chi connectivity index (χ2v) is 9.51. The smallest absolute Gasteiger partial charge is 0.233 e. The highest BCUT2D eigenvalue weighted by atomic mass is 79.9. The fraction of sp³-hybridized carbons (Fsp3) is 0.300. The average molecular weight is 525 g/mol. The number of fused-ring (bicyclic) bond motifs is 4. The van der Waals surface area contributed by atoms with E-state index in [-0.39, 0.29) is 11.9 Å². The van der Waals surface area contributed by atoms with Crippen LogP contribution in [0.15, 0.2) is 51.4 Å². The number of halogens is 2. The van der Waals surface area contributed by atoms with Gasteiger partial charge in [0.2, 0.25) is 5.91 Å². The van der Waals surface area contributed by atoms with E-state index in [2.05, 4.69) is 37.2 Å². The average Bonchev–Trinajstić information content (AvgIpc) is 2.61. The first-order valence-electron chi connectivity index (χ1n) is 8.78. The topological polar surface area (TPSA) is 44.8 Å². The summed E-state index contributed by atoms with van der Waals surface area (Å²) in [7, 11) is 3.53. The van der Waals surface area contributed by atoms with Gasteiger partial charge in [0, 0.05) is 34.3 Å². The minimum Gasteiger partial charge on any atom is -0.467 e. The number of nitrogens with zero attached hydrogens (tertiary/aromatic N) is 2. The van der Waals surface area contributed by atoms with Crippen molar-refractivity contribution in [3.63, 3.8) is 0 Å². The van der Waals surface area contributed by atoms with E-state index in [1.54, 1.807) is 19.0 Å². The lowest BCUT2D eigenvalue weighted by molar-refractivity contribution is -0.144. The second kappa shape index (κ2) is 7.00. The first-order valence-corrected chi connectivity index (χ1v) is 10.8. The molecule has 1 amide bonds. The molecule has 0 unspecified atom stereocenters. The lowest BCUT2D eigenvalue weighted by Crippen LogP contribution is -2.72. The Labute approximate surface area is 186 Å². The molecule has 2 heterocycles. The van der Waals surface area contributed by atoms with E-state index in [1.165, 1.54) is 0 Å². The van der Waals surface area contributed by atoms with Crippen molar-refractivity contribution in [2.75, 3.05) is 19.0 Å². The molecule has 0 aromatic heterocycles. The highest BCUT2D eigenvalue weighted by Gasteiger charge is 2.59. The van der Waals surface area contributed by atoms with Crippen LogP contribution in [0.4, 0.5) is 5.69 Å². The highest BCUT2D eigenvalue weighted by Crippen LogP contribution is 2.50. The molecule has 2 aliphatic rings. The molecule has 8 heteroatoms. The van der Waals surface area contributed by atoms with Gasteiger partial charge in [-0.3, -0.25) is 9.69 Å². The Morgan fingerprint density at radius 2 is 1.93 bits per heavy atom. The summed E-state index contributed by atoms with van der Waals surface area (Å²) < 4.78 is 8.37. The first-order chi connectivity index (χ1) is 13.2. The molecule has 1 fully saturated rings. The number of amides is 1. The number of nitrogens with one attached hydrogen (secondary N) is 1. The Hall–Kier alpha value is -1.64. The molecule has 2 bridgehead atoms. The van der Waals surface area contributed by atoms with Gasteiger partial charge in [0.1, 0.15) is 11.7 Å². The SMILES string of the molecule is CN(C)C(=O)[C@H]1[C@H]2NC(=S)N(c3cccc(Br)c3)[C@@]1(C)Oc1ccc(Br)cc12. The highest BCUT2D eigenvalue weighted by molar-refractivity contribution is 9.10. The Kier molecular flexibility index (Phi) is 4.92. The number of rotatable bonds is 2. The molecule has 1 N–H and O–H groups in total. The van der Waals surface area contributed by atoms with Crippen molar-refractivity contribution in [2.45, 2.75) is 18.7 Å². The lowest BCUT2D eigenvalue weighted by Gasteiger charge is -2.56. The zero-order valence-corrected chi connectivity index (χ0v) is 19.6. The van der Waals surface area contributed by atoms with Crippen molar-refractivity contribution >= 4 is 60.8 Å². The fourth-order valence-electron chi connectivity index (χ4n) is 4.01. The number of benzene rings is 2. The molecular formula is C20H19Br2N3O2S. The van der Waals surface area contributed by atoms with Crippen molar-refractivity contribution in [3.8, 4) is 5.75 Å². The van der Waals surface area contributed by atoms with Gasteiger partial charge in [-0.2, -0.15) is 0 Å². The number of thiocarbonyl (C=S) groups is 1. The monoisotopic (exact) mass is 523 g/mol. The molecule has 1 saturated heterocycles. The van der Waals surface area contributed by atoms with Crippen molar-refractivity contribution in [1.29, 1.82) is 0 Å². The molecule has 0 radical (unpaired) electrons. The number of carbonyl (C=O) groups is 1. The third-order valence-electron chi connectivity index (χ3n) is 5.23. The van der Waals surface area contributed by atoms with Crippen LogP contribution in [0.1, 0.15) is 18.5 Å². The molecule has 4 rings (SSSR count). The van der Waals surface area contributed by atoms with E-state index in [1.807, 2.05) is 54.3 Å². The third kappa shape index (κ3) is 3.02. The summed E-state index contributed by atoms with van der Waals surface area (Å²) in [5.41, 5.74) is 0.795. The zero-order valence-electron chi connectivity index (χ0n) is 15.6. The van der Waals surface area contributed by atoms with Gasteiger partial charge in [0.25, 0.3) is 0 Å². The lowest BCUT2D eigenvalue weighted by atomic mass is 9.78. The maximum absolute atomic E-state index is 13.3. The molecule has 0 spiro atoms. The van der Waals surface area contributed by atoms with E-state index in [9.17, 15) is 4.79 Å². The molecule has 2 aromatic carbocycles. The van der Waals surface area contributed by atoms with Crippen LogP contribution in [-0.2, 0) is 4.79 Å². The number of carbonyl (C=O) groups excluding carboxylic acids is 1. The Morgan fingerprint density at radius 3 is 2.61 bits per heavy atom. The molecule has 28 heavy (non-hydrogen) atoms. The van der Waals surface area contributed by atoms with Crippen molar-refractivity contribution in [1.82, 2.24) is 10.2 Å². The third-order valence-corrected chi connectivity index (χ3v) is 6.52. The van der Waals surface area contributed by atoms with E-state index in [4.69, 9.17) is 17.0 Å². The summed E-state index contributed by atoms with van der Waals surface area (Å²) in [6, 6.07) is 13.4. The minimum absolute atomic E-state index is 0.0203. The summed E-state index contributed by atoms with van der Waals surface area (Å²) >= 11 is 12.8. The Balaban J connectivity index is 1.93. The maximum Gasteiger partial charge on any atom is 0.233 e. The fourth-order valence-corrected chi connectivity index (χ4v) is 5.19. The van der Waals surface area contributed by atoms with E-state index in [0.29, 0.717) is 5.11 Å². The molecule has 3 atom stereocenters. The predicted octanol–water partition coefficient (Wildman–Crippen LogP) is 4.46. The van der Waals surface area contributed by atoms with Crippen LogP contribution in [-0.4, -0.2) is 35.7 Å². The van der Waals surface area contributed by atoms with Crippen molar-refractivity contribution in [2.24, 2.45) is 5.92 Å². The van der Waals surface area contributed by atoms with Crippen molar-refractivity contribution < 1.29 is 9.53 Å². The molecule has 146 valence electrons. The number of ether oxygens (including phenoxy) is 1. The van der Waals surface area contributed by atoms with Crippen LogP contribution >= 0.6 is 44.1 Å². The van der Waals surface area contributed by atoms with Gasteiger partial charge in [-0.05, 0) is 55.5 Å². The maximum atomic E-state index is 13.3. The van der Waals surface area contributed by atoms with E-state index >= 15 is 0 Å². The quantitative estimate of drug-likeness (QED) is 0.587. The minimum atomic E-state index is -0.976. The first kappa shape index (κ1) is 19.7.